The summed E-state index contributed by atoms with van der Waals surface area (Å²) < 4.78 is 18.0. The average molecular weight is 337 g/mol. The third-order valence-corrected chi connectivity index (χ3v) is 5.33. The first-order chi connectivity index (χ1) is 10.9. The molecular formula is C20H32O2S. The fourth-order valence-corrected chi connectivity index (χ4v) is 3.62. The van der Waals surface area contributed by atoms with Crippen molar-refractivity contribution in [2.75, 3.05) is 12.4 Å². The Morgan fingerprint density at radius 2 is 1.87 bits per heavy atom. The number of benzene rings is 1. The Bertz CT molecular complexity index is 515. The predicted octanol–water partition coefficient (Wildman–Crippen LogP) is 5.29. The average Bonchev–Trinajstić information content (AvgIpc) is 2.52. The molecule has 0 heterocycles. The van der Waals surface area contributed by atoms with Crippen LogP contribution in [-0.4, -0.2) is 22.2 Å². The first-order valence-electron chi connectivity index (χ1n) is 8.65. The minimum absolute atomic E-state index is 0.0428. The van der Waals surface area contributed by atoms with Gasteiger partial charge in [-0.3, -0.25) is 4.21 Å². The molecule has 1 aromatic carbocycles. The number of allylic oxidation sites excluding steroid dienone is 1. The highest BCUT2D eigenvalue weighted by Gasteiger charge is 2.16. The maximum absolute atomic E-state index is 12.3. The summed E-state index contributed by atoms with van der Waals surface area (Å²) in [4.78, 5) is 0.920. The molecule has 0 fully saturated rings. The number of aryl methyl sites for hydroxylation is 1. The monoisotopic (exact) mass is 336 g/mol. The lowest BCUT2D eigenvalue weighted by Gasteiger charge is -2.24. The van der Waals surface area contributed by atoms with Crippen molar-refractivity contribution in [2.24, 2.45) is 0 Å². The topological polar surface area (TPSA) is 26.3 Å². The van der Waals surface area contributed by atoms with Crippen LogP contribution in [0.5, 0.6) is 0 Å². The predicted molar refractivity (Wildman–Crippen MR) is 100 cm³/mol. The highest BCUT2D eigenvalue weighted by molar-refractivity contribution is 7.85. The van der Waals surface area contributed by atoms with Crippen LogP contribution in [0.15, 0.2) is 40.8 Å². The molecule has 1 aromatic rings. The molecule has 0 aliphatic rings. The van der Waals surface area contributed by atoms with Crippen molar-refractivity contribution in [3.05, 3.63) is 41.5 Å². The Balaban J connectivity index is 2.41. The maximum atomic E-state index is 12.3. The van der Waals surface area contributed by atoms with Crippen LogP contribution in [0.2, 0.25) is 0 Å². The van der Waals surface area contributed by atoms with Gasteiger partial charge in [0.25, 0.3) is 0 Å². The third kappa shape index (κ3) is 7.94. The second-order valence-electron chi connectivity index (χ2n) is 6.61. The van der Waals surface area contributed by atoms with Gasteiger partial charge in [0.05, 0.1) is 16.4 Å². The van der Waals surface area contributed by atoms with Crippen molar-refractivity contribution < 1.29 is 8.95 Å². The van der Waals surface area contributed by atoms with E-state index in [1.54, 1.807) is 0 Å². The van der Waals surface area contributed by atoms with E-state index in [0.29, 0.717) is 5.75 Å². The van der Waals surface area contributed by atoms with Gasteiger partial charge < -0.3 is 4.74 Å². The van der Waals surface area contributed by atoms with E-state index in [4.69, 9.17) is 4.74 Å². The van der Waals surface area contributed by atoms with Gasteiger partial charge in [0.1, 0.15) is 0 Å². The molecule has 130 valence electrons. The molecule has 1 unspecified atom stereocenters. The Morgan fingerprint density at radius 1 is 1.22 bits per heavy atom. The van der Waals surface area contributed by atoms with Crippen LogP contribution in [0.25, 0.3) is 0 Å². The van der Waals surface area contributed by atoms with Crippen molar-refractivity contribution in [1.82, 2.24) is 0 Å². The summed E-state index contributed by atoms with van der Waals surface area (Å²) in [6.45, 7) is 11.3. The molecule has 0 N–H and O–H groups in total. The molecule has 2 nitrogen and oxygen atoms in total. The second-order valence-corrected chi connectivity index (χ2v) is 8.10. The van der Waals surface area contributed by atoms with E-state index in [1.165, 1.54) is 11.1 Å². The van der Waals surface area contributed by atoms with E-state index in [-0.39, 0.29) is 5.60 Å². The zero-order valence-corrected chi connectivity index (χ0v) is 16.2. The summed E-state index contributed by atoms with van der Waals surface area (Å²) >= 11 is 0. The van der Waals surface area contributed by atoms with Crippen LogP contribution in [0.1, 0.15) is 59.4 Å². The van der Waals surface area contributed by atoms with Gasteiger partial charge in [-0.05, 0) is 71.1 Å². The molecule has 0 aromatic heterocycles. The molecule has 0 bridgehead atoms. The molecule has 0 amide bonds. The molecule has 3 heteroatoms. The Morgan fingerprint density at radius 3 is 2.43 bits per heavy atom. The largest absolute Gasteiger partial charge is 0.376 e. The van der Waals surface area contributed by atoms with Crippen LogP contribution < -0.4 is 0 Å². The number of hydrogen-bond acceptors (Lipinski definition) is 2. The molecule has 23 heavy (non-hydrogen) atoms. The summed E-state index contributed by atoms with van der Waals surface area (Å²) in [6, 6.07) is 8.12. The van der Waals surface area contributed by atoms with Gasteiger partial charge >= 0.3 is 0 Å². The molecule has 0 radical (unpaired) electrons. The first-order valence-corrected chi connectivity index (χ1v) is 9.96. The molecule has 1 atom stereocenters. The van der Waals surface area contributed by atoms with Crippen LogP contribution in [0.3, 0.4) is 0 Å². The van der Waals surface area contributed by atoms with Crippen molar-refractivity contribution in [2.45, 2.75) is 70.8 Å². The summed E-state index contributed by atoms with van der Waals surface area (Å²) in [5, 5.41) is 0. The van der Waals surface area contributed by atoms with E-state index >= 15 is 0 Å². The van der Waals surface area contributed by atoms with E-state index in [2.05, 4.69) is 45.9 Å². The highest BCUT2D eigenvalue weighted by atomic mass is 32.2. The Kier molecular flexibility index (Phi) is 8.78. The normalized spacial score (nSPS) is 14.0. The lowest BCUT2D eigenvalue weighted by Crippen LogP contribution is -2.24. The summed E-state index contributed by atoms with van der Waals surface area (Å²) in [6.07, 6.45) is 6.34. The summed E-state index contributed by atoms with van der Waals surface area (Å²) in [5.74, 6) is 0.603. The van der Waals surface area contributed by atoms with Gasteiger partial charge in [-0.2, -0.15) is 0 Å². The highest BCUT2D eigenvalue weighted by Crippen LogP contribution is 2.20. The lowest BCUT2D eigenvalue weighted by molar-refractivity contribution is -0.0173. The van der Waals surface area contributed by atoms with Crippen LogP contribution >= 0.6 is 0 Å². The fraction of sp³-hybridized carbons (Fsp3) is 0.600. The number of hydrogen-bond donors (Lipinski definition) is 0. The second kappa shape index (κ2) is 10.0. The first kappa shape index (κ1) is 20.1. The maximum Gasteiger partial charge on any atom is 0.0626 e. The molecule has 1 rings (SSSR count). The zero-order chi connectivity index (χ0) is 17.3. The van der Waals surface area contributed by atoms with Crippen molar-refractivity contribution in [3.8, 4) is 0 Å². The summed E-state index contributed by atoms with van der Waals surface area (Å²) in [7, 11) is -0.941. The minimum Gasteiger partial charge on any atom is -0.376 e. The van der Waals surface area contributed by atoms with Gasteiger partial charge in [-0.25, -0.2) is 0 Å². The van der Waals surface area contributed by atoms with Gasteiger partial charge in [-0.1, -0.05) is 30.7 Å². The van der Waals surface area contributed by atoms with Gasteiger partial charge in [-0.15, -0.1) is 0 Å². The summed E-state index contributed by atoms with van der Waals surface area (Å²) in [5.41, 5.74) is 2.56. The van der Waals surface area contributed by atoms with Crippen molar-refractivity contribution in [3.63, 3.8) is 0 Å². The lowest BCUT2D eigenvalue weighted by atomic mass is 9.99. The zero-order valence-electron chi connectivity index (χ0n) is 15.4. The molecule has 0 aliphatic heterocycles. The third-order valence-electron chi connectivity index (χ3n) is 4.06. The van der Waals surface area contributed by atoms with Crippen molar-refractivity contribution >= 4 is 10.8 Å². The van der Waals surface area contributed by atoms with E-state index < -0.39 is 10.8 Å². The SMILES string of the molecule is CCOC(C)(C)CCCC(C)=CCS(=O)c1ccc(CC)cc1. The van der Waals surface area contributed by atoms with Gasteiger partial charge in [0, 0.05) is 17.3 Å². The molecule has 0 saturated heterocycles. The van der Waals surface area contributed by atoms with Crippen molar-refractivity contribution in [1.29, 1.82) is 0 Å². The standard InChI is InChI=1S/C20H32O2S/c1-6-18-10-12-19(13-11-18)23(21)16-14-17(3)9-8-15-20(4,5)22-7-2/h10-14H,6-9,15-16H2,1-5H3. The smallest absolute Gasteiger partial charge is 0.0626 e. The van der Waals surface area contributed by atoms with Crippen LogP contribution in [0, 0.1) is 0 Å². The Labute approximate surface area is 144 Å². The molecular weight excluding hydrogens is 304 g/mol. The quantitative estimate of drug-likeness (QED) is 0.543. The number of ether oxygens (including phenoxy) is 1. The number of rotatable bonds is 10. The van der Waals surface area contributed by atoms with E-state index in [9.17, 15) is 4.21 Å². The van der Waals surface area contributed by atoms with Crippen LogP contribution in [0.4, 0.5) is 0 Å². The fourth-order valence-electron chi connectivity index (χ4n) is 2.55. The van der Waals surface area contributed by atoms with Gasteiger partial charge in [0.15, 0.2) is 0 Å². The van der Waals surface area contributed by atoms with E-state index in [0.717, 1.165) is 37.2 Å². The van der Waals surface area contributed by atoms with Crippen LogP contribution in [-0.2, 0) is 22.0 Å². The molecule has 0 spiro atoms. The Hall–Kier alpha value is -0.930. The molecule has 0 aliphatic carbocycles. The van der Waals surface area contributed by atoms with Gasteiger partial charge in [0.2, 0.25) is 0 Å². The minimum atomic E-state index is -0.941. The molecule has 0 saturated carbocycles. The van der Waals surface area contributed by atoms with E-state index in [1.807, 2.05) is 19.1 Å².